The number of H-pyrrole nitrogens is 1. The number of hydrogen-bond acceptors (Lipinski definition) is 6. The van der Waals surface area contributed by atoms with E-state index < -0.39 is 49.7 Å². The number of rotatable bonds is 6. The van der Waals surface area contributed by atoms with E-state index in [1.54, 1.807) is 6.08 Å². The van der Waals surface area contributed by atoms with E-state index in [0.29, 0.717) is 6.42 Å². The molecule has 156 valence electrons. The van der Waals surface area contributed by atoms with E-state index in [2.05, 4.69) is 45.4 Å². The van der Waals surface area contributed by atoms with E-state index in [-0.39, 0.29) is 11.6 Å². The molecule has 0 aliphatic carbocycles. The topological polar surface area (TPSA) is 103 Å². The lowest BCUT2D eigenvalue weighted by molar-refractivity contribution is -0.206. The maximum atomic E-state index is 12.2. The Morgan fingerprint density at radius 2 is 2.18 bits per heavy atom. The average Bonchev–Trinajstić information content (AvgIpc) is 3.04. The summed E-state index contributed by atoms with van der Waals surface area (Å²) in [4.78, 5) is 25.8. The first-order valence-corrected chi connectivity index (χ1v) is 12.4. The Morgan fingerprint density at radius 3 is 2.75 bits per heavy atom. The summed E-state index contributed by atoms with van der Waals surface area (Å²) in [5.41, 5.74) is -2.21. The summed E-state index contributed by atoms with van der Waals surface area (Å²) in [6.45, 7) is 14.7. The molecule has 28 heavy (non-hydrogen) atoms. The zero-order valence-corrected chi connectivity index (χ0v) is 18.1. The molecule has 0 radical (unpaired) electrons. The van der Waals surface area contributed by atoms with E-state index in [4.69, 9.17) is 13.9 Å². The van der Waals surface area contributed by atoms with Gasteiger partial charge in [0.1, 0.15) is 17.8 Å². The highest BCUT2D eigenvalue weighted by molar-refractivity contribution is 6.74. The summed E-state index contributed by atoms with van der Waals surface area (Å²) in [5, 5.41) is 11.0. The molecule has 3 rings (SSSR count). The number of ether oxygens (including phenoxy) is 2. The molecule has 0 unspecified atom stereocenters. The van der Waals surface area contributed by atoms with Crippen molar-refractivity contribution in [3.63, 3.8) is 0 Å². The van der Waals surface area contributed by atoms with E-state index in [1.165, 1.54) is 16.8 Å². The van der Waals surface area contributed by atoms with Crippen LogP contribution in [0, 0.1) is 0 Å². The molecule has 1 aromatic rings. The third-order valence-corrected chi connectivity index (χ3v) is 10.7. The summed E-state index contributed by atoms with van der Waals surface area (Å²) in [7, 11) is -2.18. The Labute approximate surface area is 165 Å². The molecule has 2 aliphatic rings. The third-order valence-electron chi connectivity index (χ3n) is 6.23. The van der Waals surface area contributed by atoms with Crippen LogP contribution in [-0.2, 0) is 13.9 Å². The molecular formula is C19H30N2O6Si. The highest BCUT2D eigenvalue weighted by atomic mass is 28.4. The first kappa shape index (κ1) is 21.2. The molecule has 2 fully saturated rings. The molecule has 8 nitrogen and oxygen atoms in total. The second-order valence-electron chi connectivity index (χ2n) is 9.09. The smallest absolute Gasteiger partial charge is 0.330 e. The Kier molecular flexibility index (Phi) is 5.35. The van der Waals surface area contributed by atoms with Crippen LogP contribution in [0.3, 0.4) is 0 Å². The van der Waals surface area contributed by atoms with Crippen LogP contribution in [0.1, 0.15) is 33.4 Å². The normalized spacial score (nSPS) is 31.1. The number of nitrogens with one attached hydrogen (secondary N) is 1. The summed E-state index contributed by atoms with van der Waals surface area (Å²) in [5.74, 6) is 0. The maximum Gasteiger partial charge on any atom is 0.330 e. The first-order chi connectivity index (χ1) is 12.9. The molecule has 9 heteroatoms. The number of aliphatic hydroxyl groups is 1. The standard InChI is InChI=1S/C19H30N2O6Si/c1-7-8-12(27-28(5,6)18(2,3)4)19-11-25-14(15(19)23)16(26-19)21-10-9-13(22)20-17(21)24/h7,9-10,12,14-16,23H,1,8,11H2,2-6H3,(H,20,22,24)/t12-,14-,15-,16+,19-/m0/s1. The summed E-state index contributed by atoms with van der Waals surface area (Å²) >= 11 is 0. The lowest BCUT2D eigenvalue weighted by Gasteiger charge is -2.45. The van der Waals surface area contributed by atoms with Gasteiger partial charge in [0.2, 0.25) is 0 Å². The van der Waals surface area contributed by atoms with Gasteiger partial charge in [0.15, 0.2) is 14.5 Å². The van der Waals surface area contributed by atoms with Crippen LogP contribution in [0.5, 0.6) is 0 Å². The van der Waals surface area contributed by atoms with Gasteiger partial charge in [-0.2, -0.15) is 0 Å². The van der Waals surface area contributed by atoms with E-state index in [0.717, 1.165) is 0 Å². The van der Waals surface area contributed by atoms with Crippen molar-refractivity contribution in [1.82, 2.24) is 9.55 Å². The molecule has 2 saturated heterocycles. The Hall–Kier alpha value is -1.52. The third kappa shape index (κ3) is 3.35. The van der Waals surface area contributed by atoms with Gasteiger partial charge in [-0.05, 0) is 24.6 Å². The van der Waals surface area contributed by atoms with Crippen LogP contribution in [0.4, 0.5) is 0 Å². The zero-order valence-electron chi connectivity index (χ0n) is 17.1. The van der Waals surface area contributed by atoms with Crippen molar-refractivity contribution in [2.45, 2.75) is 75.5 Å². The first-order valence-electron chi connectivity index (χ1n) is 9.50. The molecule has 0 amide bonds. The van der Waals surface area contributed by atoms with Crippen molar-refractivity contribution >= 4 is 8.32 Å². The molecule has 0 spiro atoms. The number of nitrogens with zero attached hydrogens (tertiary/aromatic N) is 1. The average molecular weight is 411 g/mol. The van der Waals surface area contributed by atoms with Gasteiger partial charge in [0.25, 0.3) is 5.56 Å². The molecule has 5 atom stereocenters. The molecule has 2 aliphatic heterocycles. The van der Waals surface area contributed by atoms with Crippen molar-refractivity contribution in [3.05, 3.63) is 45.8 Å². The van der Waals surface area contributed by atoms with Gasteiger partial charge in [-0.3, -0.25) is 14.3 Å². The summed E-state index contributed by atoms with van der Waals surface area (Å²) in [6, 6.07) is 1.24. The fourth-order valence-electron chi connectivity index (χ4n) is 3.55. The van der Waals surface area contributed by atoms with Crippen LogP contribution >= 0.6 is 0 Å². The predicted octanol–water partition coefficient (Wildman–Crippen LogP) is 1.53. The molecule has 0 saturated carbocycles. The predicted molar refractivity (Wildman–Crippen MR) is 107 cm³/mol. The Morgan fingerprint density at radius 1 is 1.50 bits per heavy atom. The van der Waals surface area contributed by atoms with Crippen LogP contribution in [0.25, 0.3) is 0 Å². The monoisotopic (exact) mass is 410 g/mol. The van der Waals surface area contributed by atoms with Crippen LogP contribution in [-0.4, -0.2) is 53.5 Å². The van der Waals surface area contributed by atoms with E-state index in [9.17, 15) is 14.7 Å². The van der Waals surface area contributed by atoms with Gasteiger partial charge in [0, 0.05) is 12.3 Å². The van der Waals surface area contributed by atoms with E-state index >= 15 is 0 Å². The lowest BCUT2D eigenvalue weighted by atomic mass is 9.90. The van der Waals surface area contributed by atoms with Gasteiger partial charge >= 0.3 is 5.69 Å². The number of aromatic amines is 1. The van der Waals surface area contributed by atoms with Crippen molar-refractivity contribution in [2.24, 2.45) is 0 Å². The molecule has 1 aromatic heterocycles. The summed E-state index contributed by atoms with van der Waals surface area (Å²) < 4.78 is 19.9. The van der Waals surface area contributed by atoms with Crippen molar-refractivity contribution in [1.29, 1.82) is 0 Å². The number of hydrogen-bond donors (Lipinski definition) is 2. The number of fused-ring (bicyclic) bond motifs is 2. The fraction of sp³-hybridized carbons (Fsp3) is 0.684. The van der Waals surface area contributed by atoms with Crippen LogP contribution in [0.2, 0.25) is 18.1 Å². The maximum absolute atomic E-state index is 12.2. The SMILES string of the molecule is C=CC[C@H](O[Si](C)(C)C(C)(C)C)[C@]12CO[C@H]([C@H](n3ccc(=O)[nH]c3=O)O1)[C@@H]2O. The molecule has 2 bridgehead atoms. The van der Waals surface area contributed by atoms with Crippen molar-refractivity contribution in [2.75, 3.05) is 6.61 Å². The highest BCUT2D eigenvalue weighted by Gasteiger charge is 2.66. The molecular weight excluding hydrogens is 380 g/mol. The zero-order chi connectivity index (χ0) is 20.9. The minimum atomic E-state index is -2.18. The highest BCUT2D eigenvalue weighted by Crippen LogP contribution is 2.49. The fourth-order valence-corrected chi connectivity index (χ4v) is 4.91. The number of aliphatic hydroxyl groups excluding tert-OH is 1. The quantitative estimate of drug-likeness (QED) is 0.545. The van der Waals surface area contributed by atoms with Gasteiger partial charge in [-0.25, -0.2) is 4.79 Å². The van der Waals surface area contributed by atoms with Gasteiger partial charge in [-0.15, -0.1) is 6.58 Å². The second kappa shape index (κ2) is 7.07. The minimum Gasteiger partial charge on any atom is -0.410 e. The van der Waals surface area contributed by atoms with E-state index in [1.807, 2.05) is 0 Å². The minimum absolute atomic E-state index is 0.0270. The largest absolute Gasteiger partial charge is 0.410 e. The Balaban J connectivity index is 1.96. The molecule has 0 aromatic carbocycles. The molecule has 2 N–H and O–H groups in total. The van der Waals surface area contributed by atoms with Gasteiger partial charge in [-0.1, -0.05) is 26.8 Å². The van der Waals surface area contributed by atoms with Crippen molar-refractivity contribution < 1.29 is 19.0 Å². The van der Waals surface area contributed by atoms with Crippen LogP contribution in [0.15, 0.2) is 34.5 Å². The Bertz CT molecular complexity index is 857. The van der Waals surface area contributed by atoms with Gasteiger partial charge < -0.3 is 19.0 Å². The number of aromatic nitrogens is 2. The lowest BCUT2D eigenvalue weighted by Crippen LogP contribution is -2.57. The second-order valence-corrected chi connectivity index (χ2v) is 13.8. The summed E-state index contributed by atoms with van der Waals surface area (Å²) in [6.07, 6.45) is 0.582. The van der Waals surface area contributed by atoms with Crippen molar-refractivity contribution in [3.8, 4) is 0 Å². The molecule has 3 heterocycles. The van der Waals surface area contributed by atoms with Crippen LogP contribution < -0.4 is 11.2 Å². The van der Waals surface area contributed by atoms with Gasteiger partial charge in [0.05, 0.1) is 12.7 Å².